The van der Waals surface area contributed by atoms with Crippen molar-refractivity contribution in [3.8, 4) is 17.1 Å². The number of hydrogen-bond donors (Lipinski definition) is 2. The second-order valence-electron chi connectivity index (χ2n) is 8.17. The fourth-order valence-corrected chi connectivity index (χ4v) is 4.02. The van der Waals surface area contributed by atoms with Gasteiger partial charge in [-0.15, -0.1) is 12.4 Å². The van der Waals surface area contributed by atoms with Crippen LogP contribution in [-0.2, 0) is 12.4 Å². The third-order valence-electron chi connectivity index (χ3n) is 5.72. The molecule has 0 saturated carbocycles. The van der Waals surface area contributed by atoms with Crippen molar-refractivity contribution in [3.63, 3.8) is 0 Å². The molecule has 38 heavy (non-hydrogen) atoms. The van der Waals surface area contributed by atoms with Crippen LogP contribution in [0.3, 0.4) is 0 Å². The highest BCUT2D eigenvalue weighted by atomic mass is 35.5. The summed E-state index contributed by atoms with van der Waals surface area (Å²) in [4.78, 5) is 5.82. The highest BCUT2D eigenvalue weighted by Crippen LogP contribution is 2.39. The van der Waals surface area contributed by atoms with Crippen molar-refractivity contribution < 1.29 is 37.0 Å². The van der Waals surface area contributed by atoms with E-state index in [1.165, 1.54) is 30.3 Å². The van der Waals surface area contributed by atoms with E-state index in [9.17, 15) is 26.3 Å². The number of rotatable bonds is 6. The lowest BCUT2D eigenvalue weighted by Gasteiger charge is -2.21. The molecule has 14 heteroatoms. The van der Waals surface area contributed by atoms with E-state index in [-0.39, 0.29) is 41.2 Å². The first-order chi connectivity index (χ1) is 18.0. The van der Waals surface area contributed by atoms with Gasteiger partial charge in [0.25, 0.3) is 0 Å². The lowest BCUT2D eigenvalue weighted by atomic mass is 10.1. The molecule has 0 radical (unpaired) electrons. The van der Waals surface area contributed by atoms with E-state index in [1.54, 1.807) is 4.90 Å². The van der Waals surface area contributed by atoms with Crippen molar-refractivity contribution in [2.75, 3.05) is 13.2 Å². The second kappa shape index (κ2) is 11.3. The smallest absolute Gasteiger partial charge is 0.419 e. The first kappa shape index (κ1) is 27.3. The Morgan fingerprint density at radius 2 is 1.89 bits per heavy atom. The molecule has 1 aromatic heterocycles. The average Bonchev–Trinajstić information content (AvgIpc) is 3.55. The molecule has 1 aliphatic rings. The molecular weight excluding hydrogens is 540 g/mol. The van der Waals surface area contributed by atoms with E-state index in [0.717, 1.165) is 30.7 Å². The third-order valence-corrected chi connectivity index (χ3v) is 5.72. The largest absolute Gasteiger partial charge is 0.489 e. The number of nitrogens with two attached hydrogens (primary N) is 1. The van der Waals surface area contributed by atoms with Crippen molar-refractivity contribution in [1.29, 1.82) is 5.40 Å². The van der Waals surface area contributed by atoms with Crippen LogP contribution in [0.4, 0.5) is 26.3 Å². The summed E-state index contributed by atoms with van der Waals surface area (Å²) in [5.74, 6) is -0.514. The minimum Gasteiger partial charge on any atom is -0.489 e. The van der Waals surface area contributed by atoms with Gasteiger partial charge in [0.05, 0.1) is 11.1 Å². The van der Waals surface area contributed by atoms with Gasteiger partial charge in [-0.25, -0.2) is 0 Å². The Hall–Kier alpha value is -3.74. The predicted octanol–water partition coefficient (Wildman–Crippen LogP) is 6.32. The zero-order valence-corrected chi connectivity index (χ0v) is 20.3. The van der Waals surface area contributed by atoms with Crippen LogP contribution in [0, 0.1) is 5.40 Å². The SMILES string of the molecule is Cl.[H]/N=C(\N)N1CCC[C@H]1c1nc(-c2ccc(OCC=Cc3ccccc3C(F)(F)F)c(C(F)(F)F)c2)no1. The summed E-state index contributed by atoms with van der Waals surface area (Å²) in [6.07, 6.45) is -5.74. The maximum atomic E-state index is 13.8. The second-order valence-corrected chi connectivity index (χ2v) is 8.17. The quantitative estimate of drug-likeness (QED) is 0.207. The van der Waals surface area contributed by atoms with E-state index >= 15 is 0 Å². The molecule has 0 bridgehead atoms. The van der Waals surface area contributed by atoms with Crippen LogP contribution in [-0.4, -0.2) is 34.2 Å². The molecule has 0 amide bonds. The summed E-state index contributed by atoms with van der Waals surface area (Å²) in [5.41, 5.74) is 3.62. The minimum atomic E-state index is -4.80. The van der Waals surface area contributed by atoms with Crippen LogP contribution >= 0.6 is 12.4 Å². The summed E-state index contributed by atoms with van der Waals surface area (Å²) < 4.78 is 98.3. The summed E-state index contributed by atoms with van der Waals surface area (Å²) in [5, 5.41) is 7.00. The Labute approximate surface area is 220 Å². The molecule has 1 atom stereocenters. The average molecular weight is 562 g/mol. The fourth-order valence-electron chi connectivity index (χ4n) is 4.02. The molecule has 0 aliphatic carbocycles. The molecule has 4 rings (SSSR count). The standard InChI is InChI=1S/C24H21F6N5O2.ClH/c25-23(26,27)16-7-2-1-5-14(16)6-4-12-36-19-10-9-15(13-17(19)24(28,29)30)20-33-21(37-34-20)18-8-3-11-35(18)22(31)32;/h1-2,4-7,9-10,13,18H,3,8,11-12H2,(H3,31,32);1H/t18-;/m0./s1. The maximum absolute atomic E-state index is 13.8. The number of ether oxygens (including phenoxy) is 1. The van der Waals surface area contributed by atoms with Crippen LogP contribution in [0.15, 0.2) is 53.1 Å². The lowest BCUT2D eigenvalue weighted by molar-refractivity contribution is -0.139. The molecule has 3 N–H and O–H groups in total. The molecule has 3 aromatic rings. The van der Waals surface area contributed by atoms with Crippen LogP contribution in [0.1, 0.15) is 41.5 Å². The van der Waals surface area contributed by atoms with Gasteiger partial charge >= 0.3 is 12.4 Å². The molecular formula is C24H22ClF6N5O2. The van der Waals surface area contributed by atoms with E-state index < -0.39 is 41.9 Å². The number of halogens is 7. The van der Waals surface area contributed by atoms with Crippen LogP contribution in [0.5, 0.6) is 5.75 Å². The Balaban J connectivity index is 0.00000420. The van der Waals surface area contributed by atoms with E-state index in [4.69, 9.17) is 16.4 Å². The molecule has 0 unspecified atom stereocenters. The number of alkyl halides is 6. The first-order valence-electron chi connectivity index (χ1n) is 11.5. The van der Waals surface area contributed by atoms with Crippen molar-refractivity contribution in [2.45, 2.75) is 31.2 Å². The predicted molar refractivity (Wildman–Crippen MR) is 129 cm³/mol. The molecule has 204 valence electrons. The molecule has 2 heterocycles. The molecule has 1 fully saturated rings. The highest BCUT2D eigenvalue weighted by Gasteiger charge is 2.36. The molecule has 1 aliphatic heterocycles. The number of nitrogens with one attached hydrogen (secondary N) is 1. The first-order valence-corrected chi connectivity index (χ1v) is 11.0. The van der Waals surface area contributed by atoms with E-state index in [2.05, 4.69) is 15.5 Å². The third kappa shape index (κ3) is 6.39. The van der Waals surface area contributed by atoms with E-state index in [0.29, 0.717) is 13.0 Å². The number of nitrogens with zero attached hydrogens (tertiary/aromatic N) is 3. The van der Waals surface area contributed by atoms with Gasteiger partial charge in [-0.3, -0.25) is 5.40 Å². The Morgan fingerprint density at radius 1 is 1.16 bits per heavy atom. The monoisotopic (exact) mass is 561 g/mol. The van der Waals surface area contributed by atoms with Gasteiger partial charge in [0.1, 0.15) is 18.4 Å². The highest BCUT2D eigenvalue weighted by molar-refractivity contribution is 5.85. The minimum absolute atomic E-state index is 0. The number of aromatic nitrogens is 2. The summed E-state index contributed by atoms with van der Waals surface area (Å²) >= 11 is 0. The number of hydrogen-bond acceptors (Lipinski definition) is 5. The zero-order chi connectivity index (χ0) is 27.5. The Bertz CT molecular complexity index is 1350. The zero-order valence-electron chi connectivity index (χ0n) is 20.5. The fraction of sp³-hybridized carbons (Fsp3) is 0.292. The summed E-state index contributed by atoms with van der Waals surface area (Å²) in [6.45, 7) is 0.106. The van der Waals surface area contributed by atoms with Crippen LogP contribution in [0.2, 0.25) is 1.41 Å². The van der Waals surface area contributed by atoms with Crippen LogP contribution in [0.25, 0.3) is 17.5 Å². The van der Waals surface area contributed by atoms with Gasteiger partial charge < -0.3 is 19.9 Å². The van der Waals surface area contributed by atoms with Crippen molar-refractivity contribution in [1.82, 2.24) is 15.0 Å². The lowest BCUT2D eigenvalue weighted by Crippen LogP contribution is -2.35. The molecule has 2 aromatic carbocycles. The van der Waals surface area contributed by atoms with Crippen molar-refractivity contribution >= 4 is 24.4 Å². The van der Waals surface area contributed by atoms with Gasteiger partial charge in [-0.1, -0.05) is 29.4 Å². The molecule has 1 saturated heterocycles. The normalized spacial score (nSPS) is 17.0. The number of guanidine groups is 1. The van der Waals surface area contributed by atoms with Gasteiger partial charge in [-0.2, -0.15) is 31.3 Å². The van der Waals surface area contributed by atoms with E-state index in [1.807, 2.05) is 0 Å². The van der Waals surface area contributed by atoms with Gasteiger partial charge in [-0.05, 0) is 48.7 Å². The Kier molecular flexibility index (Phi) is 8.14. The topological polar surface area (TPSA) is 101 Å². The number of likely N-dealkylation sites (tertiary alicyclic amines) is 1. The van der Waals surface area contributed by atoms with Gasteiger partial charge in [0.15, 0.2) is 7.37 Å². The number of benzene rings is 2. The van der Waals surface area contributed by atoms with Gasteiger partial charge in [0, 0.05) is 12.1 Å². The Morgan fingerprint density at radius 3 is 2.61 bits per heavy atom. The van der Waals surface area contributed by atoms with Gasteiger partial charge in [0.2, 0.25) is 11.7 Å². The van der Waals surface area contributed by atoms with Crippen LogP contribution < -0.4 is 10.5 Å². The molecule has 0 spiro atoms. The van der Waals surface area contributed by atoms with Crippen molar-refractivity contribution in [2.24, 2.45) is 5.73 Å². The molecule has 7 nitrogen and oxygen atoms in total. The summed E-state index contributed by atoms with van der Waals surface area (Å²) in [7, 11) is 0. The summed E-state index contributed by atoms with van der Waals surface area (Å²) in [6, 6.07) is 7.56. The maximum Gasteiger partial charge on any atom is 0.419 e. The van der Waals surface area contributed by atoms with Crippen molar-refractivity contribution in [3.05, 3.63) is 71.1 Å².